The predicted molar refractivity (Wildman–Crippen MR) is 80.9 cm³/mol. The monoisotopic (exact) mass is 320 g/mol. The van der Waals surface area contributed by atoms with E-state index in [0.29, 0.717) is 0 Å². The lowest BCUT2D eigenvalue weighted by Gasteiger charge is -2.10. The topological polar surface area (TPSA) is 98.7 Å². The van der Waals surface area contributed by atoms with Crippen molar-refractivity contribution in [3.8, 4) is 11.5 Å². The van der Waals surface area contributed by atoms with Crippen molar-refractivity contribution >= 4 is 23.4 Å². The SMILES string of the molecule is Cc1ccc(O)c(C(=O)NNC(=O)c2cc(Cl)ccc2O)c1. The van der Waals surface area contributed by atoms with Crippen LogP contribution in [0.2, 0.25) is 5.02 Å². The molecule has 0 spiro atoms. The van der Waals surface area contributed by atoms with E-state index in [2.05, 4.69) is 10.9 Å². The van der Waals surface area contributed by atoms with E-state index in [-0.39, 0.29) is 27.6 Å². The van der Waals surface area contributed by atoms with Gasteiger partial charge in [0.1, 0.15) is 11.5 Å². The molecule has 7 heteroatoms. The minimum Gasteiger partial charge on any atom is -0.507 e. The van der Waals surface area contributed by atoms with Gasteiger partial charge in [-0.15, -0.1) is 0 Å². The van der Waals surface area contributed by atoms with Crippen LogP contribution < -0.4 is 10.9 Å². The minimum absolute atomic E-state index is 0.0237. The Morgan fingerprint density at radius 2 is 1.41 bits per heavy atom. The van der Waals surface area contributed by atoms with Crippen LogP contribution >= 0.6 is 11.6 Å². The van der Waals surface area contributed by atoms with Gasteiger partial charge >= 0.3 is 0 Å². The lowest BCUT2D eigenvalue weighted by Crippen LogP contribution is -2.41. The van der Waals surface area contributed by atoms with Gasteiger partial charge in [-0.3, -0.25) is 20.4 Å². The van der Waals surface area contributed by atoms with Crippen molar-refractivity contribution in [3.63, 3.8) is 0 Å². The molecular formula is C15H13ClN2O4. The third kappa shape index (κ3) is 3.48. The summed E-state index contributed by atoms with van der Waals surface area (Å²) in [5.74, 6) is -1.89. The van der Waals surface area contributed by atoms with E-state index in [4.69, 9.17) is 11.6 Å². The highest BCUT2D eigenvalue weighted by molar-refractivity contribution is 6.31. The molecule has 0 aliphatic carbocycles. The number of halogens is 1. The number of benzene rings is 2. The summed E-state index contributed by atoms with van der Waals surface area (Å²) in [4.78, 5) is 23.8. The number of carbonyl (C=O) groups excluding carboxylic acids is 2. The van der Waals surface area contributed by atoms with E-state index in [1.807, 2.05) is 0 Å². The summed E-state index contributed by atoms with van der Waals surface area (Å²) >= 11 is 5.75. The number of hydrogen-bond acceptors (Lipinski definition) is 4. The first-order valence-corrected chi connectivity index (χ1v) is 6.65. The molecular weight excluding hydrogens is 308 g/mol. The van der Waals surface area contributed by atoms with E-state index in [1.54, 1.807) is 13.0 Å². The van der Waals surface area contributed by atoms with E-state index in [0.717, 1.165) is 5.56 Å². The molecule has 0 radical (unpaired) electrons. The van der Waals surface area contributed by atoms with Gasteiger partial charge in [-0.1, -0.05) is 23.2 Å². The third-order valence-corrected chi connectivity index (χ3v) is 3.12. The normalized spacial score (nSPS) is 10.1. The van der Waals surface area contributed by atoms with E-state index >= 15 is 0 Å². The number of aromatic hydroxyl groups is 2. The number of amides is 2. The van der Waals surface area contributed by atoms with E-state index in [1.165, 1.54) is 30.3 Å². The Hall–Kier alpha value is -2.73. The highest BCUT2D eigenvalue weighted by Gasteiger charge is 2.15. The zero-order valence-corrected chi connectivity index (χ0v) is 12.3. The van der Waals surface area contributed by atoms with Crippen molar-refractivity contribution in [1.82, 2.24) is 10.9 Å². The Morgan fingerprint density at radius 1 is 0.909 bits per heavy atom. The van der Waals surface area contributed by atoms with Gasteiger partial charge in [0, 0.05) is 5.02 Å². The standard InChI is InChI=1S/C15H13ClN2O4/c1-8-2-4-12(19)10(6-8)14(21)17-18-15(22)11-7-9(16)3-5-13(11)20/h2-7,19-20H,1H3,(H,17,21)(H,18,22). The molecule has 0 unspecified atom stereocenters. The summed E-state index contributed by atoms with van der Waals surface area (Å²) in [6.07, 6.45) is 0. The molecule has 0 atom stereocenters. The molecule has 2 aromatic rings. The van der Waals surface area contributed by atoms with Crippen molar-refractivity contribution in [3.05, 3.63) is 58.1 Å². The Morgan fingerprint density at radius 3 is 2.00 bits per heavy atom. The van der Waals surface area contributed by atoms with Gasteiger partial charge in [-0.25, -0.2) is 0 Å². The molecule has 0 bridgehead atoms. The maximum atomic E-state index is 11.9. The predicted octanol–water partition coefficient (Wildman–Crippen LogP) is 2.13. The summed E-state index contributed by atoms with van der Waals surface area (Å²) in [7, 11) is 0. The molecule has 22 heavy (non-hydrogen) atoms. The number of carbonyl (C=O) groups is 2. The van der Waals surface area contributed by atoms with Crippen LogP contribution in [0.5, 0.6) is 11.5 Å². The number of rotatable bonds is 2. The molecule has 0 aliphatic heterocycles. The average molecular weight is 321 g/mol. The van der Waals surface area contributed by atoms with Crippen molar-refractivity contribution in [2.45, 2.75) is 6.92 Å². The molecule has 0 saturated carbocycles. The summed E-state index contributed by atoms with van der Waals surface area (Å²) < 4.78 is 0. The molecule has 0 fully saturated rings. The Bertz CT molecular complexity index is 683. The minimum atomic E-state index is -0.736. The van der Waals surface area contributed by atoms with Gasteiger partial charge in [-0.2, -0.15) is 0 Å². The Labute approximate surface area is 131 Å². The summed E-state index contributed by atoms with van der Waals surface area (Å²) in [5, 5.41) is 19.5. The molecule has 0 saturated heterocycles. The zero-order valence-electron chi connectivity index (χ0n) is 11.6. The van der Waals surface area contributed by atoms with Crippen LogP contribution in [0.3, 0.4) is 0 Å². The van der Waals surface area contributed by atoms with Gasteiger partial charge in [0.2, 0.25) is 0 Å². The number of aryl methyl sites for hydroxylation is 1. The van der Waals surface area contributed by atoms with Crippen LogP contribution in [0, 0.1) is 6.92 Å². The van der Waals surface area contributed by atoms with Crippen LogP contribution in [0.1, 0.15) is 26.3 Å². The smallest absolute Gasteiger partial charge is 0.273 e. The summed E-state index contributed by atoms with van der Waals surface area (Å²) in [6.45, 7) is 1.76. The molecule has 0 aliphatic rings. The maximum absolute atomic E-state index is 11.9. The van der Waals surface area contributed by atoms with Crippen molar-refractivity contribution in [2.75, 3.05) is 0 Å². The molecule has 2 aromatic carbocycles. The van der Waals surface area contributed by atoms with Crippen LogP contribution in [0.4, 0.5) is 0 Å². The fraction of sp³-hybridized carbons (Fsp3) is 0.0667. The average Bonchev–Trinajstić information content (AvgIpc) is 2.49. The fourth-order valence-electron chi connectivity index (χ4n) is 1.77. The lowest BCUT2D eigenvalue weighted by atomic mass is 10.1. The molecule has 114 valence electrons. The first kappa shape index (κ1) is 15.7. The number of hydrogen-bond donors (Lipinski definition) is 4. The molecule has 0 heterocycles. The van der Waals surface area contributed by atoms with Crippen LogP contribution in [-0.4, -0.2) is 22.0 Å². The molecule has 6 nitrogen and oxygen atoms in total. The second-order valence-electron chi connectivity index (χ2n) is 4.59. The number of hydrazine groups is 1. The highest BCUT2D eigenvalue weighted by Crippen LogP contribution is 2.21. The van der Waals surface area contributed by atoms with E-state index < -0.39 is 11.8 Å². The fourth-order valence-corrected chi connectivity index (χ4v) is 1.94. The van der Waals surface area contributed by atoms with Crippen molar-refractivity contribution < 1.29 is 19.8 Å². The number of phenols is 2. The third-order valence-electron chi connectivity index (χ3n) is 2.89. The number of phenolic OH excluding ortho intramolecular Hbond substituents is 2. The van der Waals surface area contributed by atoms with Crippen molar-refractivity contribution in [2.24, 2.45) is 0 Å². The second kappa shape index (κ2) is 6.36. The molecule has 2 rings (SSSR count). The summed E-state index contributed by atoms with van der Waals surface area (Å²) in [6, 6.07) is 8.47. The lowest BCUT2D eigenvalue weighted by molar-refractivity contribution is 0.0843. The quantitative estimate of drug-likeness (QED) is 0.637. The highest BCUT2D eigenvalue weighted by atomic mass is 35.5. The first-order valence-electron chi connectivity index (χ1n) is 6.27. The van der Waals surface area contributed by atoms with Crippen LogP contribution in [0.15, 0.2) is 36.4 Å². The summed E-state index contributed by atoms with van der Waals surface area (Å²) in [5.41, 5.74) is 5.02. The van der Waals surface area contributed by atoms with Crippen molar-refractivity contribution in [1.29, 1.82) is 0 Å². The molecule has 4 N–H and O–H groups in total. The van der Waals surface area contributed by atoms with Crippen LogP contribution in [0.25, 0.3) is 0 Å². The zero-order chi connectivity index (χ0) is 16.3. The van der Waals surface area contributed by atoms with Gasteiger partial charge in [0.25, 0.3) is 11.8 Å². The maximum Gasteiger partial charge on any atom is 0.273 e. The second-order valence-corrected chi connectivity index (χ2v) is 5.03. The van der Waals surface area contributed by atoms with Gasteiger partial charge in [0.15, 0.2) is 0 Å². The van der Waals surface area contributed by atoms with Gasteiger partial charge in [-0.05, 0) is 37.3 Å². The molecule has 0 aromatic heterocycles. The van der Waals surface area contributed by atoms with E-state index in [9.17, 15) is 19.8 Å². The first-order chi connectivity index (χ1) is 10.4. The van der Waals surface area contributed by atoms with Gasteiger partial charge in [0.05, 0.1) is 11.1 Å². The van der Waals surface area contributed by atoms with Gasteiger partial charge < -0.3 is 10.2 Å². The Kier molecular flexibility index (Phi) is 4.53. The molecule has 2 amide bonds. The Balaban J connectivity index is 2.09. The number of nitrogens with one attached hydrogen (secondary N) is 2. The van der Waals surface area contributed by atoms with Crippen LogP contribution in [-0.2, 0) is 0 Å². The largest absolute Gasteiger partial charge is 0.507 e.